The maximum absolute atomic E-state index is 11.3. The summed E-state index contributed by atoms with van der Waals surface area (Å²) < 4.78 is 22.6. The summed E-state index contributed by atoms with van der Waals surface area (Å²) in [7, 11) is -2.89. The lowest BCUT2D eigenvalue weighted by Gasteiger charge is -2.14. The van der Waals surface area contributed by atoms with Gasteiger partial charge in [0.2, 0.25) is 0 Å². The second-order valence-electron chi connectivity index (χ2n) is 3.97. The number of hydrogen-bond acceptors (Lipinski definition) is 3. The van der Waals surface area contributed by atoms with E-state index >= 15 is 0 Å². The molecule has 0 saturated heterocycles. The van der Waals surface area contributed by atoms with Crippen LogP contribution < -0.4 is 5.32 Å². The third-order valence-corrected chi connectivity index (χ3v) is 4.59. The van der Waals surface area contributed by atoms with E-state index in [0.717, 1.165) is 5.56 Å². The van der Waals surface area contributed by atoms with Gasteiger partial charge in [-0.1, -0.05) is 30.7 Å². The molecule has 0 bridgehead atoms. The van der Waals surface area contributed by atoms with E-state index in [4.69, 9.17) is 11.6 Å². The minimum absolute atomic E-state index is 0.0979. The average molecular weight is 276 g/mol. The highest BCUT2D eigenvalue weighted by molar-refractivity contribution is 7.91. The Hall–Kier alpha value is -0.580. The van der Waals surface area contributed by atoms with Crippen molar-refractivity contribution in [2.45, 2.75) is 19.9 Å². The van der Waals surface area contributed by atoms with Gasteiger partial charge in [0.25, 0.3) is 0 Å². The van der Waals surface area contributed by atoms with Crippen molar-refractivity contribution in [2.24, 2.45) is 0 Å². The topological polar surface area (TPSA) is 46.2 Å². The van der Waals surface area contributed by atoms with Crippen LogP contribution in [0.2, 0.25) is 5.02 Å². The van der Waals surface area contributed by atoms with Crippen LogP contribution in [-0.4, -0.2) is 26.5 Å². The van der Waals surface area contributed by atoms with Crippen molar-refractivity contribution < 1.29 is 8.42 Å². The molecule has 96 valence electrons. The summed E-state index contributed by atoms with van der Waals surface area (Å²) in [6, 6.07) is 7.66. The molecule has 3 nitrogen and oxygen atoms in total. The number of hydrogen-bond donors (Lipinski definition) is 1. The predicted octanol–water partition coefficient (Wildman–Crippen LogP) is 2.43. The van der Waals surface area contributed by atoms with E-state index in [0.29, 0.717) is 11.6 Å². The van der Waals surface area contributed by atoms with Crippen molar-refractivity contribution in [3.63, 3.8) is 0 Å². The summed E-state index contributed by atoms with van der Waals surface area (Å²) >= 11 is 5.89. The van der Waals surface area contributed by atoms with Gasteiger partial charge < -0.3 is 5.32 Å². The molecule has 1 aromatic carbocycles. The average Bonchev–Trinajstić information content (AvgIpc) is 2.28. The van der Waals surface area contributed by atoms with Gasteiger partial charge in [0.05, 0.1) is 5.75 Å². The molecular formula is C12H18ClNO2S. The van der Waals surface area contributed by atoms with E-state index in [1.54, 1.807) is 6.92 Å². The molecule has 0 heterocycles. The Balaban J connectivity index is 2.48. The first-order valence-electron chi connectivity index (χ1n) is 5.64. The smallest absolute Gasteiger partial charge is 0.151 e. The largest absolute Gasteiger partial charge is 0.309 e. The van der Waals surface area contributed by atoms with E-state index in [1.165, 1.54) is 0 Å². The van der Waals surface area contributed by atoms with E-state index in [9.17, 15) is 8.42 Å². The maximum atomic E-state index is 11.3. The summed E-state index contributed by atoms with van der Waals surface area (Å²) in [5, 5.41) is 3.87. The zero-order valence-corrected chi connectivity index (χ0v) is 11.7. The van der Waals surface area contributed by atoms with Crippen LogP contribution in [0.25, 0.3) is 0 Å². The SMILES string of the molecule is CCS(=O)(=O)CCN[C@@H](C)c1cccc(Cl)c1. The van der Waals surface area contributed by atoms with Crippen molar-refractivity contribution >= 4 is 21.4 Å². The van der Waals surface area contributed by atoms with Crippen LogP contribution in [-0.2, 0) is 9.84 Å². The van der Waals surface area contributed by atoms with Crippen LogP contribution in [0.15, 0.2) is 24.3 Å². The van der Waals surface area contributed by atoms with Crippen molar-refractivity contribution in [1.29, 1.82) is 0 Å². The minimum Gasteiger partial charge on any atom is -0.309 e. The fourth-order valence-corrected chi connectivity index (χ4v) is 2.39. The maximum Gasteiger partial charge on any atom is 0.151 e. The molecule has 0 unspecified atom stereocenters. The molecule has 1 atom stereocenters. The van der Waals surface area contributed by atoms with Gasteiger partial charge in [-0.2, -0.15) is 0 Å². The number of halogens is 1. The second kappa shape index (κ2) is 6.38. The molecule has 0 aliphatic carbocycles. The number of benzene rings is 1. The zero-order chi connectivity index (χ0) is 12.9. The second-order valence-corrected chi connectivity index (χ2v) is 6.88. The normalized spacial score (nSPS) is 13.6. The lowest BCUT2D eigenvalue weighted by molar-refractivity contribution is 0.573. The monoisotopic (exact) mass is 275 g/mol. The molecule has 17 heavy (non-hydrogen) atoms. The molecule has 1 aromatic rings. The third-order valence-electron chi connectivity index (χ3n) is 2.65. The minimum atomic E-state index is -2.89. The Labute approximate surface area is 108 Å². The van der Waals surface area contributed by atoms with Gasteiger partial charge in [-0.25, -0.2) is 8.42 Å². The Morgan fingerprint density at radius 1 is 1.41 bits per heavy atom. The first-order chi connectivity index (χ1) is 7.94. The Kier molecular flexibility index (Phi) is 5.43. The molecule has 0 fully saturated rings. The molecule has 0 radical (unpaired) electrons. The molecule has 1 rings (SSSR count). The highest BCUT2D eigenvalue weighted by atomic mass is 35.5. The summed E-state index contributed by atoms with van der Waals surface area (Å²) in [5.41, 5.74) is 1.06. The Morgan fingerprint density at radius 3 is 2.71 bits per heavy atom. The van der Waals surface area contributed by atoms with Gasteiger partial charge in [-0.3, -0.25) is 0 Å². The highest BCUT2D eigenvalue weighted by Crippen LogP contribution is 2.16. The predicted molar refractivity (Wildman–Crippen MR) is 72.2 cm³/mol. The lowest BCUT2D eigenvalue weighted by Crippen LogP contribution is -2.26. The Bertz CT molecular complexity index is 459. The number of rotatable bonds is 6. The van der Waals surface area contributed by atoms with Gasteiger partial charge in [-0.15, -0.1) is 0 Å². The van der Waals surface area contributed by atoms with Gasteiger partial charge in [-0.05, 0) is 24.6 Å². The van der Waals surface area contributed by atoms with Crippen LogP contribution in [0, 0.1) is 0 Å². The number of nitrogens with one attached hydrogen (secondary N) is 1. The van der Waals surface area contributed by atoms with E-state index < -0.39 is 9.84 Å². The van der Waals surface area contributed by atoms with Gasteiger partial charge >= 0.3 is 0 Å². The first-order valence-corrected chi connectivity index (χ1v) is 7.84. The molecule has 0 spiro atoms. The third kappa shape index (κ3) is 5.06. The lowest BCUT2D eigenvalue weighted by atomic mass is 10.1. The molecule has 0 aromatic heterocycles. The van der Waals surface area contributed by atoms with Crippen LogP contribution in [0.5, 0.6) is 0 Å². The molecule has 0 amide bonds. The van der Waals surface area contributed by atoms with E-state index in [-0.39, 0.29) is 17.5 Å². The van der Waals surface area contributed by atoms with Gasteiger partial charge in [0.1, 0.15) is 0 Å². The summed E-state index contributed by atoms with van der Waals surface area (Å²) in [5.74, 6) is 0.370. The van der Waals surface area contributed by atoms with Gasteiger partial charge in [0, 0.05) is 23.4 Å². The van der Waals surface area contributed by atoms with Crippen molar-refractivity contribution in [2.75, 3.05) is 18.1 Å². The van der Waals surface area contributed by atoms with Crippen LogP contribution in [0.4, 0.5) is 0 Å². The standard InChI is InChI=1S/C12H18ClNO2S/c1-3-17(15,16)8-7-14-10(2)11-5-4-6-12(13)9-11/h4-6,9-10,14H,3,7-8H2,1-2H3/t10-/m0/s1. The number of sulfone groups is 1. The van der Waals surface area contributed by atoms with Crippen LogP contribution in [0.3, 0.4) is 0 Å². The first kappa shape index (κ1) is 14.5. The van der Waals surface area contributed by atoms with Crippen molar-refractivity contribution in [3.8, 4) is 0 Å². The molecule has 0 aliphatic heterocycles. The van der Waals surface area contributed by atoms with Gasteiger partial charge in [0.15, 0.2) is 9.84 Å². The fourth-order valence-electron chi connectivity index (χ4n) is 1.47. The van der Waals surface area contributed by atoms with Crippen molar-refractivity contribution in [1.82, 2.24) is 5.32 Å². The van der Waals surface area contributed by atoms with Crippen LogP contribution >= 0.6 is 11.6 Å². The molecule has 0 aliphatic rings. The summed E-state index contributed by atoms with van der Waals surface area (Å²) in [6.07, 6.45) is 0. The summed E-state index contributed by atoms with van der Waals surface area (Å²) in [4.78, 5) is 0. The highest BCUT2D eigenvalue weighted by Gasteiger charge is 2.09. The van der Waals surface area contributed by atoms with E-state index in [1.807, 2.05) is 31.2 Å². The molecule has 5 heteroatoms. The van der Waals surface area contributed by atoms with E-state index in [2.05, 4.69) is 5.32 Å². The van der Waals surface area contributed by atoms with Crippen LogP contribution in [0.1, 0.15) is 25.5 Å². The quantitative estimate of drug-likeness (QED) is 0.867. The fraction of sp³-hybridized carbons (Fsp3) is 0.500. The van der Waals surface area contributed by atoms with Crippen molar-refractivity contribution in [3.05, 3.63) is 34.9 Å². The molecular weight excluding hydrogens is 258 g/mol. The molecule has 0 saturated carbocycles. The molecule has 1 N–H and O–H groups in total. The zero-order valence-electron chi connectivity index (χ0n) is 10.1. The summed E-state index contributed by atoms with van der Waals surface area (Å²) in [6.45, 7) is 4.11. The Morgan fingerprint density at radius 2 is 2.12 bits per heavy atom.